The Morgan fingerprint density at radius 1 is 1.22 bits per heavy atom. The van der Waals surface area contributed by atoms with E-state index in [2.05, 4.69) is 22.4 Å². The summed E-state index contributed by atoms with van der Waals surface area (Å²) in [6.07, 6.45) is 3.32. The molecule has 2 aromatic carbocycles. The van der Waals surface area contributed by atoms with Crippen LogP contribution in [0.4, 0.5) is 0 Å². The Bertz CT molecular complexity index is 778. The van der Waals surface area contributed by atoms with E-state index in [9.17, 15) is 0 Å². The number of hydrogen-bond acceptors (Lipinski definition) is 4. The number of ether oxygens (including phenoxy) is 2. The number of benzene rings is 2. The highest BCUT2D eigenvalue weighted by molar-refractivity contribution is 7.80. The zero-order chi connectivity index (χ0) is 19.5. The van der Waals surface area contributed by atoms with Crippen molar-refractivity contribution in [1.29, 1.82) is 0 Å². The van der Waals surface area contributed by atoms with Crippen LogP contribution in [0.2, 0.25) is 0 Å². The van der Waals surface area contributed by atoms with E-state index in [1.165, 1.54) is 0 Å². The maximum atomic E-state index is 6.10. The highest BCUT2D eigenvalue weighted by atomic mass is 32.1. The fourth-order valence-electron chi connectivity index (χ4n) is 2.32. The summed E-state index contributed by atoms with van der Waals surface area (Å²) in [5.41, 5.74) is 4.73. The first-order chi connectivity index (χ1) is 13.1. The van der Waals surface area contributed by atoms with Gasteiger partial charge in [0.15, 0.2) is 16.6 Å². The van der Waals surface area contributed by atoms with E-state index >= 15 is 0 Å². The van der Waals surface area contributed by atoms with Crippen molar-refractivity contribution >= 4 is 23.5 Å². The van der Waals surface area contributed by atoms with Crippen molar-refractivity contribution in [3.63, 3.8) is 0 Å². The molecule has 2 aromatic rings. The first kappa shape index (κ1) is 20.5. The first-order valence-corrected chi connectivity index (χ1v) is 9.21. The van der Waals surface area contributed by atoms with E-state index in [-0.39, 0.29) is 6.10 Å². The molecule has 6 heteroatoms. The van der Waals surface area contributed by atoms with E-state index in [1.807, 2.05) is 62.4 Å². The topological polar surface area (TPSA) is 54.9 Å². The number of hydrazone groups is 1. The largest absolute Gasteiger partial charge is 0.490 e. The van der Waals surface area contributed by atoms with Gasteiger partial charge in [0.05, 0.1) is 12.8 Å². The molecule has 0 fully saturated rings. The summed E-state index contributed by atoms with van der Waals surface area (Å²) in [6.45, 7) is 8.71. The van der Waals surface area contributed by atoms with Gasteiger partial charge in [-0.1, -0.05) is 36.4 Å². The van der Waals surface area contributed by atoms with E-state index < -0.39 is 0 Å². The zero-order valence-electron chi connectivity index (χ0n) is 15.6. The molecule has 1 atom stereocenters. The normalized spacial score (nSPS) is 11.6. The maximum absolute atomic E-state index is 6.10. The number of rotatable bonds is 9. The van der Waals surface area contributed by atoms with Crippen LogP contribution in [0.25, 0.3) is 0 Å². The summed E-state index contributed by atoms with van der Waals surface area (Å²) in [6, 6.07) is 15.8. The van der Waals surface area contributed by atoms with Crippen LogP contribution in [0.15, 0.2) is 66.3 Å². The molecule has 0 aliphatic carbocycles. The molecule has 5 nitrogen and oxygen atoms in total. The second kappa shape index (κ2) is 11.0. The highest BCUT2D eigenvalue weighted by Gasteiger charge is 2.11. The average molecular weight is 384 g/mol. The van der Waals surface area contributed by atoms with Crippen LogP contribution in [-0.2, 0) is 0 Å². The Labute approximate surface area is 166 Å². The molecule has 0 saturated carbocycles. The predicted molar refractivity (Wildman–Crippen MR) is 115 cm³/mol. The molecule has 0 heterocycles. The van der Waals surface area contributed by atoms with Crippen LogP contribution in [0.1, 0.15) is 31.1 Å². The standard InChI is InChI=1S/C21H25N3O2S/c1-4-13-22-21(27)24-23-15-17-11-12-19(20(14-17)25-5-2)26-16(3)18-9-7-6-8-10-18/h4,6-12,14-16H,1,5,13H2,2-3H3,(H2,22,24,27)/b23-15-/t16-/m1/s1. The summed E-state index contributed by atoms with van der Waals surface area (Å²) >= 11 is 5.09. The van der Waals surface area contributed by atoms with Gasteiger partial charge in [0.1, 0.15) is 6.10 Å². The van der Waals surface area contributed by atoms with Gasteiger partial charge in [0.25, 0.3) is 0 Å². The van der Waals surface area contributed by atoms with Crippen LogP contribution < -0.4 is 20.2 Å². The molecule has 0 aliphatic rings. The third kappa shape index (κ3) is 6.75. The molecule has 0 saturated heterocycles. The minimum Gasteiger partial charge on any atom is -0.490 e. The van der Waals surface area contributed by atoms with E-state index in [4.69, 9.17) is 21.7 Å². The summed E-state index contributed by atoms with van der Waals surface area (Å²) in [5, 5.41) is 7.50. The molecule has 142 valence electrons. The van der Waals surface area contributed by atoms with Gasteiger partial charge in [0, 0.05) is 6.54 Å². The molecule has 2 rings (SSSR count). The fraction of sp³-hybridized carbons (Fsp3) is 0.238. The molecule has 0 unspecified atom stereocenters. The first-order valence-electron chi connectivity index (χ1n) is 8.80. The molecule has 0 amide bonds. The minimum absolute atomic E-state index is 0.0834. The molecule has 0 spiro atoms. The van der Waals surface area contributed by atoms with E-state index in [1.54, 1.807) is 12.3 Å². The summed E-state index contributed by atoms with van der Waals surface area (Å²) in [4.78, 5) is 0. The third-order valence-electron chi connectivity index (χ3n) is 3.63. The van der Waals surface area contributed by atoms with Crippen LogP contribution >= 0.6 is 12.2 Å². The van der Waals surface area contributed by atoms with Crippen LogP contribution in [0, 0.1) is 0 Å². The monoisotopic (exact) mass is 383 g/mol. The zero-order valence-corrected chi connectivity index (χ0v) is 16.5. The maximum Gasteiger partial charge on any atom is 0.187 e. The molecule has 2 N–H and O–H groups in total. The van der Waals surface area contributed by atoms with Gasteiger partial charge in [-0.15, -0.1) is 6.58 Å². The van der Waals surface area contributed by atoms with Gasteiger partial charge in [-0.3, -0.25) is 5.43 Å². The van der Waals surface area contributed by atoms with Crippen LogP contribution in [-0.4, -0.2) is 24.5 Å². The molecule has 0 aliphatic heterocycles. The highest BCUT2D eigenvalue weighted by Crippen LogP contribution is 2.32. The van der Waals surface area contributed by atoms with Gasteiger partial charge in [-0.25, -0.2) is 0 Å². The summed E-state index contributed by atoms with van der Waals surface area (Å²) < 4.78 is 11.8. The molecular formula is C21H25N3O2S. The predicted octanol–water partition coefficient (Wildman–Crippen LogP) is 4.21. The Kier molecular flexibility index (Phi) is 8.32. The van der Waals surface area contributed by atoms with Gasteiger partial charge >= 0.3 is 0 Å². The van der Waals surface area contributed by atoms with Crippen molar-refractivity contribution in [2.75, 3.05) is 13.2 Å². The van der Waals surface area contributed by atoms with Gasteiger partial charge in [-0.05, 0) is 55.4 Å². The van der Waals surface area contributed by atoms with Crippen molar-refractivity contribution < 1.29 is 9.47 Å². The number of nitrogens with zero attached hydrogens (tertiary/aromatic N) is 1. The van der Waals surface area contributed by atoms with Gasteiger partial charge in [0.2, 0.25) is 0 Å². The lowest BCUT2D eigenvalue weighted by Crippen LogP contribution is -2.31. The van der Waals surface area contributed by atoms with Crippen LogP contribution in [0.3, 0.4) is 0 Å². The van der Waals surface area contributed by atoms with Crippen molar-refractivity contribution in [3.05, 3.63) is 72.3 Å². The van der Waals surface area contributed by atoms with Gasteiger partial charge < -0.3 is 14.8 Å². The van der Waals surface area contributed by atoms with Gasteiger partial charge in [-0.2, -0.15) is 5.10 Å². The molecular weight excluding hydrogens is 358 g/mol. The number of hydrogen-bond donors (Lipinski definition) is 2. The average Bonchev–Trinajstić information content (AvgIpc) is 2.69. The smallest absolute Gasteiger partial charge is 0.187 e. The lowest BCUT2D eigenvalue weighted by atomic mass is 10.1. The lowest BCUT2D eigenvalue weighted by molar-refractivity contribution is 0.211. The Balaban J connectivity index is 2.07. The van der Waals surface area contributed by atoms with Crippen molar-refractivity contribution in [2.24, 2.45) is 5.10 Å². The minimum atomic E-state index is -0.0834. The number of thiocarbonyl (C=S) groups is 1. The van der Waals surface area contributed by atoms with E-state index in [0.717, 1.165) is 11.1 Å². The SMILES string of the molecule is C=CCNC(=S)N/N=C\c1ccc(O[C@H](C)c2ccccc2)c(OCC)c1. The Hall–Kier alpha value is -2.86. The fourth-order valence-corrected chi connectivity index (χ4v) is 2.46. The second-order valence-electron chi connectivity index (χ2n) is 5.68. The molecule has 0 bridgehead atoms. The van der Waals surface area contributed by atoms with Crippen molar-refractivity contribution in [3.8, 4) is 11.5 Å². The lowest BCUT2D eigenvalue weighted by Gasteiger charge is -2.18. The molecule has 27 heavy (non-hydrogen) atoms. The quantitative estimate of drug-likeness (QED) is 0.294. The van der Waals surface area contributed by atoms with E-state index in [0.29, 0.717) is 29.8 Å². The third-order valence-corrected chi connectivity index (χ3v) is 3.86. The van der Waals surface area contributed by atoms with Crippen LogP contribution in [0.5, 0.6) is 11.5 Å². The molecule has 0 aromatic heterocycles. The number of nitrogens with one attached hydrogen (secondary N) is 2. The Morgan fingerprint density at radius 3 is 2.70 bits per heavy atom. The summed E-state index contributed by atoms with van der Waals surface area (Å²) in [7, 11) is 0. The Morgan fingerprint density at radius 2 is 2.00 bits per heavy atom. The second-order valence-corrected chi connectivity index (χ2v) is 6.09. The molecule has 0 radical (unpaired) electrons. The van der Waals surface area contributed by atoms with Crippen molar-refractivity contribution in [1.82, 2.24) is 10.7 Å². The van der Waals surface area contributed by atoms with Crippen molar-refractivity contribution in [2.45, 2.75) is 20.0 Å². The summed E-state index contributed by atoms with van der Waals surface area (Å²) in [5.74, 6) is 1.37.